The Hall–Kier alpha value is -0.510. The van der Waals surface area contributed by atoms with E-state index in [9.17, 15) is 0 Å². The highest BCUT2D eigenvalue weighted by Crippen LogP contribution is 2.19. The highest BCUT2D eigenvalue weighted by atomic mass is 32.2. The summed E-state index contributed by atoms with van der Waals surface area (Å²) in [5.74, 6) is 2.60. The van der Waals surface area contributed by atoms with E-state index in [0.29, 0.717) is 6.04 Å². The lowest BCUT2D eigenvalue weighted by Crippen LogP contribution is -2.35. The van der Waals surface area contributed by atoms with Crippen molar-refractivity contribution in [1.82, 2.24) is 10.2 Å². The predicted molar refractivity (Wildman–Crippen MR) is 86.0 cm³/mol. The molecule has 1 aliphatic rings. The fraction of sp³-hybridized carbons (Fsp3) is 0.625. The third-order valence-corrected chi connectivity index (χ3v) is 4.71. The van der Waals surface area contributed by atoms with E-state index >= 15 is 0 Å². The Kier molecular flexibility index (Phi) is 6.21. The Morgan fingerprint density at radius 2 is 1.89 bits per heavy atom. The van der Waals surface area contributed by atoms with Gasteiger partial charge >= 0.3 is 0 Å². The summed E-state index contributed by atoms with van der Waals surface area (Å²) in [6, 6.07) is 9.48. The number of nitrogens with one attached hydrogen (secondary N) is 1. The van der Waals surface area contributed by atoms with Gasteiger partial charge in [0, 0.05) is 37.2 Å². The summed E-state index contributed by atoms with van der Waals surface area (Å²) in [4.78, 5) is 2.61. The van der Waals surface area contributed by atoms with Gasteiger partial charge in [0.05, 0.1) is 0 Å². The van der Waals surface area contributed by atoms with Gasteiger partial charge in [0.2, 0.25) is 0 Å². The lowest BCUT2D eigenvalue weighted by Gasteiger charge is -2.28. The van der Waals surface area contributed by atoms with Gasteiger partial charge in [-0.15, -0.1) is 0 Å². The van der Waals surface area contributed by atoms with E-state index < -0.39 is 0 Å². The molecule has 0 bridgehead atoms. The fourth-order valence-corrected chi connectivity index (χ4v) is 3.55. The molecule has 0 radical (unpaired) electrons. The van der Waals surface area contributed by atoms with Crippen molar-refractivity contribution in [3.63, 3.8) is 0 Å². The summed E-state index contributed by atoms with van der Waals surface area (Å²) in [5, 5.41) is 3.63. The minimum absolute atomic E-state index is 0.500. The fourth-order valence-electron chi connectivity index (χ4n) is 2.57. The third-order valence-electron chi connectivity index (χ3n) is 3.77. The average molecular weight is 278 g/mol. The number of nitrogens with zero attached hydrogens (tertiary/aromatic N) is 1. The molecule has 1 N–H and O–H groups in total. The van der Waals surface area contributed by atoms with Gasteiger partial charge in [0.25, 0.3) is 0 Å². The number of thioether (sulfide) groups is 1. The summed E-state index contributed by atoms with van der Waals surface area (Å²) in [7, 11) is 0. The zero-order valence-corrected chi connectivity index (χ0v) is 13.0. The molecule has 0 aromatic heterocycles. The second-order valence-electron chi connectivity index (χ2n) is 5.26. The minimum atomic E-state index is 0.500. The van der Waals surface area contributed by atoms with Crippen LogP contribution in [0, 0.1) is 6.92 Å². The van der Waals surface area contributed by atoms with Crippen molar-refractivity contribution in [2.75, 3.05) is 37.7 Å². The smallest absolute Gasteiger partial charge is 0.0332 e. The van der Waals surface area contributed by atoms with Gasteiger partial charge in [0.1, 0.15) is 0 Å². The van der Waals surface area contributed by atoms with Crippen LogP contribution in [0.1, 0.15) is 30.5 Å². The van der Waals surface area contributed by atoms with Crippen LogP contribution in [0.25, 0.3) is 0 Å². The molecule has 2 rings (SSSR count). The molecule has 0 aliphatic carbocycles. The minimum Gasteiger partial charge on any atom is -0.310 e. The zero-order chi connectivity index (χ0) is 13.5. The number of rotatable bonds is 6. The van der Waals surface area contributed by atoms with E-state index in [0.717, 1.165) is 6.54 Å². The highest BCUT2D eigenvalue weighted by Gasteiger charge is 2.14. The molecule has 0 saturated carbocycles. The van der Waals surface area contributed by atoms with E-state index in [4.69, 9.17) is 0 Å². The molecule has 1 fully saturated rings. The summed E-state index contributed by atoms with van der Waals surface area (Å²) in [6.45, 7) is 9.12. The van der Waals surface area contributed by atoms with E-state index in [-0.39, 0.29) is 0 Å². The molecule has 1 aromatic carbocycles. The molecule has 1 aliphatic heterocycles. The summed E-state index contributed by atoms with van der Waals surface area (Å²) in [5.41, 5.74) is 2.77. The number of benzene rings is 1. The summed E-state index contributed by atoms with van der Waals surface area (Å²) >= 11 is 2.08. The SMILES string of the molecule is CCNC(CCN1CCSCC1)c1ccc(C)cc1. The normalized spacial score (nSPS) is 18.4. The first kappa shape index (κ1) is 14.9. The molecule has 106 valence electrons. The van der Waals surface area contributed by atoms with Crippen LogP contribution in [0.4, 0.5) is 0 Å². The van der Waals surface area contributed by atoms with Crippen molar-refractivity contribution >= 4 is 11.8 Å². The second kappa shape index (κ2) is 7.93. The third kappa shape index (κ3) is 4.83. The highest BCUT2D eigenvalue weighted by molar-refractivity contribution is 7.99. The molecule has 3 heteroatoms. The Bertz CT molecular complexity index is 358. The maximum Gasteiger partial charge on any atom is 0.0332 e. The van der Waals surface area contributed by atoms with Gasteiger partial charge in [-0.25, -0.2) is 0 Å². The van der Waals surface area contributed by atoms with Crippen LogP contribution in [0.5, 0.6) is 0 Å². The Labute approximate surface area is 122 Å². The van der Waals surface area contributed by atoms with Gasteiger partial charge in [0.15, 0.2) is 0 Å². The second-order valence-corrected chi connectivity index (χ2v) is 6.49. The topological polar surface area (TPSA) is 15.3 Å². The molecule has 19 heavy (non-hydrogen) atoms. The molecular formula is C16H26N2S. The van der Waals surface area contributed by atoms with Gasteiger partial charge < -0.3 is 10.2 Å². The first-order chi connectivity index (χ1) is 9.29. The Balaban J connectivity index is 1.89. The van der Waals surface area contributed by atoms with E-state index in [2.05, 4.69) is 60.1 Å². The van der Waals surface area contributed by atoms with Crippen molar-refractivity contribution in [2.24, 2.45) is 0 Å². The van der Waals surface area contributed by atoms with Crippen LogP contribution in [-0.2, 0) is 0 Å². The Morgan fingerprint density at radius 1 is 1.21 bits per heavy atom. The van der Waals surface area contributed by atoms with Crippen molar-refractivity contribution in [3.8, 4) is 0 Å². The van der Waals surface area contributed by atoms with Crippen molar-refractivity contribution in [1.29, 1.82) is 0 Å². The monoisotopic (exact) mass is 278 g/mol. The summed E-state index contributed by atoms with van der Waals surface area (Å²) < 4.78 is 0. The molecule has 1 heterocycles. The van der Waals surface area contributed by atoms with E-state index in [1.807, 2.05) is 0 Å². The first-order valence-electron chi connectivity index (χ1n) is 7.39. The van der Waals surface area contributed by atoms with Gasteiger partial charge in [-0.2, -0.15) is 11.8 Å². The van der Waals surface area contributed by atoms with Crippen molar-refractivity contribution in [3.05, 3.63) is 35.4 Å². The van der Waals surface area contributed by atoms with Crippen LogP contribution in [0.3, 0.4) is 0 Å². The van der Waals surface area contributed by atoms with E-state index in [1.165, 1.54) is 48.7 Å². The Morgan fingerprint density at radius 3 is 2.53 bits per heavy atom. The van der Waals surface area contributed by atoms with Gasteiger partial charge in [-0.05, 0) is 25.5 Å². The quantitative estimate of drug-likeness (QED) is 0.861. The van der Waals surface area contributed by atoms with Crippen LogP contribution in [0.2, 0.25) is 0 Å². The number of aryl methyl sites for hydroxylation is 1. The standard InChI is InChI=1S/C16H26N2S/c1-3-17-16(15-6-4-14(2)5-7-15)8-9-18-10-12-19-13-11-18/h4-7,16-17H,3,8-13H2,1-2H3. The number of hydrogen-bond acceptors (Lipinski definition) is 3. The maximum absolute atomic E-state index is 3.63. The predicted octanol–water partition coefficient (Wildman–Crippen LogP) is 3.08. The van der Waals surface area contributed by atoms with Gasteiger partial charge in [-0.1, -0.05) is 36.8 Å². The molecular weight excluding hydrogens is 252 g/mol. The molecule has 0 amide bonds. The lowest BCUT2D eigenvalue weighted by atomic mass is 10.0. The van der Waals surface area contributed by atoms with E-state index in [1.54, 1.807) is 0 Å². The summed E-state index contributed by atoms with van der Waals surface area (Å²) in [6.07, 6.45) is 1.21. The molecule has 1 aromatic rings. The lowest BCUT2D eigenvalue weighted by molar-refractivity contribution is 0.281. The van der Waals surface area contributed by atoms with Crippen molar-refractivity contribution in [2.45, 2.75) is 26.3 Å². The van der Waals surface area contributed by atoms with Crippen LogP contribution < -0.4 is 5.32 Å². The molecule has 1 atom stereocenters. The maximum atomic E-state index is 3.63. The number of hydrogen-bond donors (Lipinski definition) is 1. The molecule has 2 nitrogen and oxygen atoms in total. The largest absolute Gasteiger partial charge is 0.310 e. The van der Waals surface area contributed by atoms with Gasteiger partial charge in [-0.3, -0.25) is 0 Å². The zero-order valence-electron chi connectivity index (χ0n) is 12.2. The van der Waals surface area contributed by atoms with Crippen molar-refractivity contribution < 1.29 is 0 Å². The average Bonchev–Trinajstić information content (AvgIpc) is 2.46. The molecule has 1 saturated heterocycles. The van der Waals surface area contributed by atoms with Crippen LogP contribution in [-0.4, -0.2) is 42.6 Å². The molecule has 1 unspecified atom stereocenters. The van der Waals surface area contributed by atoms with Crippen LogP contribution >= 0.6 is 11.8 Å². The molecule has 0 spiro atoms. The first-order valence-corrected chi connectivity index (χ1v) is 8.55. The van der Waals surface area contributed by atoms with Crippen LogP contribution in [0.15, 0.2) is 24.3 Å².